The van der Waals surface area contributed by atoms with E-state index in [1.807, 2.05) is 0 Å². The van der Waals surface area contributed by atoms with Gasteiger partial charge >= 0.3 is 0 Å². The fourth-order valence-electron chi connectivity index (χ4n) is 4.50. The standard InChI is InChI=1S/C18H35N/c1-13(2)17-11-10-14(3)12-18(17)19-15(4)16-8-6-5-7-9-16/h13-19H,5-12H2,1-4H3/t14?,15-,17?,18?/m0/s1. The van der Waals surface area contributed by atoms with Crippen LogP contribution in [0.3, 0.4) is 0 Å². The van der Waals surface area contributed by atoms with Gasteiger partial charge in [0.05, 0.1) is 0 Å². The van der Waals surface area contributed by atoms with E-state index in [0.717, 1.165) is 35.8 Å². The average molecular weight is 265 g/mol. The molecule has 19 heavy (non-hydrogen) atoms. The molecule has 0 aromatic heterocycles. The van der Waals surface area contributed by atoms with Crippen LogP contribution in [-0.4, -0.2) is 12.1 Å². The Morgan fingerprint density at radius 3 is 2.21 bits per heavy atom. The van der Waals surface area contributed by atoms with Crippen LogP contribution in [0.15, 0.2) is 0 Å². The van der Waals surface area contributed by atoms with Crippen molar-refractivity contribution in [2.24, 2.45) is 23.7 Å². The molecule has 0 bridgehead atoms. The summed E-state index contributed by atoms with van der Waals surface area (Å²) in [7, 11) is 0. The largest absolute Gasteiger partial charge is 0.311 e. The fraction of sp³-hybridized carbons (Fsp3) is 1.00. The Hall–Kier alpha value is -0.0400. The quantitative estimate of drug-likeness (QED) is 0.754. The molecule has 4 atom stereocenters. The molecule has 0 spiro atoms. The van der Waals surface area contributed by atoms with Crippen molar-refractivity contribution in [3.8, 4) is 0 Å². The Balaban J connectivity index is 1.90. The highest BCUT2D eigenvalue weighted by molar-refractivity contribution is 4.88. The SMILES string of the molecule is CC1CCC(C(C)C)C(N[C@@H](C)C2CCCCC2)C1. The number of hydrogen-bond donors (Lipinski definition) is 1. The van der Waals surface area contributed by atoms with Gasteiger partial charge in [-0.1, -0.05) is 46.5 Å². The molecule has 2 saturated carbocycles. The Labute approximate surface area is 120 Å². The molecule has 112 valence electrons. The van der Waals surface area contributed by atoms with Crippen molar-refractivity contribution in [1.29, 1.82) is 0 Å². The van der Waals surface area contributed by atoms with Crippen molar-refractivity contribution in [2.75, 3.05) is 0 Å². The van der Waals surface area contributed by atoms with Crippen LogP contribution in [-0.2, 0) is 0 Å². The molecular weight excluding hydrogens is 230 g/mol. The van der Waals surface area contributed by atoms with E-state index in [1.54, 1.807) is 0 Å². The molecule has 0 saturated heterocycles. The highest BCUT2D eigenvalue weighted by Crippen LogP contribution is 2.35. The van der Waals surface area contributed by atoms with Gasteiger partial charge in [-0.3, -0.25) is 0 Å². The van der Waals surface area contributed by atoms with Crippen LogP contribution < -0.4 is 5.32 Å². The maximum atomic E-state index is 4.05. The summed E-state index contributed by atoms with van der Waals surface area (Å²) in [6.45, 7) is 9.73. The smallest absolute Gasteiger partial charge is 0.0103 e. The highest BCUT2D eigenvalue weighted by Gasteiger charge is 2.32. The maximum Gasteiger partial charge on any atom is 0.0103 e. The second-order valence-electron chi connectivity index (χ2n) is 7.79. The molecule has 2 rings (SSSR count). The Bertz CT molecular complexity index is 254. The summed E-state index contributed by atoms with van der Waals surface area (Å²) in [5, 5.41) is 4.05. The normalized spacial score (nSPS) is 35.5. The Morgan fingerprint density at radius 1 is 0.895 bits per heavy atom. The monoisotopic (exact) mass is 265 g/mol. The third kappa shape index (κ3) is 4.21. The van der Waals surface area contributed by atoms with Gasteiger partial charge in [0.2, 0.25) is 0 Å². The van der Waals surface area contributed by atoms with E-state index in [-0.39, 0.29) is 0 Å². The maximum absolute atomic E-state index is 4.05. The van der Waals surface area contributed by atoms with Gasteiger partial charge in [0.25, 0.3) is 0 Å². The molecule has 1 heteroatoms. The van der Waals surface area contributed by atoms with Crippen LogP contribution in [0.5, 0.6) is 0 Å². The lowest BCUT2D eigenvalue weighted by atomic mass is 9.73. The molecule has 3 unspecified atom stereocenters. The molecule has 0 heterocycles. The topological polar surface area (TPSA) is 12.0 Å². The van der Waals surface area contributed by atoms with Gasteiger partial charge < -0.3 is 5.32 Å². The summed E-state index contributed by atoms with van der Waals surface area (Å²) in [5.74, 6) is 3.61. The zero-order chi connectivity index (χ0) is 13.8. The molecule has 0 amide bonds. The molecule has 0 aliphatic heterocycles. The van der Waals surface area contributed by atoms with Gasteiger partial charge in [0.1, 0.15) is 0 Å². The molecule has 0 aromatic carbocycles. The summed E-state index contributed by atoms with van der Waals surface area (Å²) in [5.41, 5.74) is 0. The Kier molecular flexibility index (Phi) is 5.74. The van der Waals surface area contributed by atoms with Gasteiger partial charge in [-0.15, -0.1) is 0 Å². The van der Waals surface area contributed by atoms with Gasteiger partial charge in [-0.25, -0.2) is 0 Å². The first kappa shape index (κ1) is 15.4. The van der Waals surface area contributed by atoms with Crippen LogP contribution in [0.2, 0.25) is 0 Å². The van der Waals surface area contributed by atoms with Crippen LogP contribution in [0, 0.1) is 23.7 Å². The van der Waals surface area contributed by atoms with E-state index in [2.05, 4.69) is 33.0 Å². The van der Waals surface area contributed by atoms with Gasteiger partial charge in [0, 0.05) is 12.1 Å². The zero-order valence-electron chi connectivity index (χ0n) is 13.6. The predicted octanol–water partition coefficient (Wildman–Crippen LogP) is 5.01. The summed E-state index contributed by atoms with van der Waals surface area (Å²) in [6.07, 6.45) is 11.6. The molecular formula is C18H35N. The summed E-state index contributed by atoms with van der Waals surface area (Å²) < 4.78 is 0. The van der Waals surface area contributed by atoms with Crippen molar-refractivity contribution >= 4 is 0 Å². The molecule has 2 fully saturated rings. The number of hydrogen-bond acceptors (Lipinski definition) is 1. The van der Waals surface area contributed by atoms with Gasteiger partial charge in [-0.2, -0.15) is 0 Å². The zero-order valence-corrected chi connectivity index (χ0v) is 13.6. The van der Waals surface area contributed by atoms with Crippen molar-refractivity contribution in [3.05, 3.63) is 0 Å². The van der Waals surface area contributed by atoms with Crippen LogP contribution in [0.25, 0.3) is 0 Å². The lowest BCUT2D eigenvalue weighted by molar-refractivity contribution is 0.143. The average Bonchev–Trinajstić information content (AvgIpc) is 2.39. The lowest BCUT2D eigenvalue weighted by Crippen LogP contribution is -2.49. The Morgan fingerprint density at radius 2 is 1.58 bits per heavy atom. The summed E-state index contributed by atoms with van der Waals surface area (Å²) in [4.78, 5) is 0. The van der Waals surface area contributed by atoms with E-state index in [1.165, 1.54) is 51.4 Å². The number of rotatable bonds is 4. The molecule has 2 aliphatic rings. The summed E-state index contributed by atoms with van der Waals surface area (Å²) >= 11 is 0. The molecule has 0 radical (unpaired) electrons. The van der Waals surface area contributed by atoms with Crippen LogP contribution in [0.4, 0.5) is 0 Å². The van der Waals surface area contributed by atoms with Gasteiger partial charge in [-0.05, 0) is 56.3 Å². The second-order valence-corrected chi connectivity index (χ2v) is 7.79. The van der Waals surface area contributed by atoms with E-state index < -0.39 is 0 Å². The van der Waals surface area contributed by atoms with E-state index in [9.17, 15) is 0 Å². The van der Waals surface area contributed by atoms with Crippen molar-refractivity contribution in [2.45, 2.75) is 91.1 Å². The molecule has 1 nitrogen and oxygen atoms in total. The summed E-state index contributed by atoms with van der Waals surface area (Å²) in [6, 6.07) is 1.51. The molecule has 2 aliphatic carbocycles. The fourth-order valence-corrected chi connectivity index (χ4v) is 4.50. The minimum Gasteiger partial charge on any atom is -0.311 e. The van der Waals surface area contributed by atoms with Crippen LogP contribution >= 0.6 is 0 Å². The van der Waals surface area contributed by atoms with E-state index in [0.29, 0.717) is 0 Å². The van der Waals surface area contributed by atoms with E-state index in [4.69, 9.17) is 0 Å². The van der Waals surface area contributed by atoms with Crippen molar-refractivity contribution in [3.63, 3.8) is 0 Å². The minimum atomic E-state index is 0.733. The van der Waals surface area contributed by atoms with E-state index >= 15 is 0 Å². The molecule has 1 N–H and O–H groups in total. The highest BCUT2D eigenvalue weighted by atomic mass is 15.0. The van der Waals surface area contributed by atoms with Crippen molar-refractivity contribution in [1.82, 2.24) is 5.32 Å². The first-order valence-corrected chi connectivity index (χ1v) is 8.84. The number of nitrogens with one attached hydrogen (secondary N) is 1. The predicted molar refractivity (Wildman–Crippen MR) is 84.3 cm³/mol. The lowest BCUT2D eigenvalue weighted by Gasteiger charge is -2.41. The molecule has 0 aromatic rings. The third-order valence-corrected chi connectivity index (χ3v) is 5.86. The third-order valence-electron chi connectivity index (χ3n) is 5.86. The minimum absolute atomic E-state index is 0.733. The first-order chi connectivity index (χ1) is 9.08. The van der Waals surface area contributed by atoms with Crippen LogP contribution in [0.1, 0.15) is 79.1 Å². The first-order valence-electron chi connectivity index (χ1n) is 8.84. The van der Waals surface area contributed by atoms with Crippen molar-refractivity contribution < 1.29 is 0 Å². The second kappa shape index (κ2) is 7.11. The van der Waals surface area contributed by atoms with Gasteiger partial charge in [0.15, 0.2) is 0 Å².